The van der Waals surface area contributed by atoms with Gasteiger partial charge < -0.3 is 4.57 Å². The van der Waals surface area contributed by atoms with Gasteiger partial charge in [0.2, 0.25) is 0 Å². The molecule has 1 aromatic heterocycles. The standard InChI is InChI=1S/C23H18Cl2N2/c24-19-9-5-17(6-10-19)15-26-22-13-14-27(23-4-2-1-3-21(22)23)16-18-7-11-20(25)12-8-18/h1-14H,15-16H2. The summed E-state index contributed by atoms with van der Waals surface area (Å²) in [6, 6.07) is 26.2. The summed E-state index contributed by atoms with van der Waals surface area (Å²) in [6.07, 6.45) is 2.09. The molecule has 3 aromatic carbocycles. The molecule has 27 heavy (non-hydrogen) atoms. The molecule has 0 unspecified atom stereocenters. The maximum Gasteiger partial charge on any atom is 0.0686 e. The zero-order valence-electron chi connectivity index (χ0n) is 14.6. The van der Waals surface area contributed by atoms with E-state index in [1.165, 1.54) is 5.56 Å². The molecule has 0 radical (unpaired) electrons. The molecule has 2 nitrogen and oxygen atoms in total. The van der Waals surface area contributed by atoms with Gasteiger partial charge in [-0.25, -0.2) is 0 Å². The molecule has 0 spiro atoms. The van der Waals surface area contributed by atoms with Crippen molar-refractivity contribution < 1.29 is 0 Å². The number of hydrogen-bond acceptors (Lipinski definition) is 1. The van der Waals surface area contributed by atoms with E-state index in [-0.39, 0.29) is 0 Å². The lowest BCUT2D eigenvalue weighted by Crippen LogP contribution is -2.10. The lowest BCUT2D eigenvalue weighted by molar-refractivity contribution is 0.823. The number of nitrogens with zero attached hydrogens (tertiary/aromatic N) is 2. The van der Waals surface area contributed by atoms with Crippen molar-refractivity contribution in [3.63, 3.8) is 0 Å². The van der Waals surface area contributed by atoms with Crippen LogP contribution in [-0.4, -0.2) is 4.57 Å². The Morgan fingerprint density at radius 3 is 2.04 bits per heavy atom. The van der Waals surface area contributed by atoms with E-state index in [9.17, 15) is 0 Å². The Morgan fingerprint density at radius 2 is 1.33 bits per heavy atom. The van der Waals surface area contributed by atoms with Crippen molar-refractivity contribution in [2.45, 2.75) is 13.1 Å². The third-order valence-electron chi connectivity index (χ3n) is 4.51. The Balaban J connectivity index is 1.70. The van der Waals surface area contributed by atoms with Crippen LogP contribution in [0.25, 0.3) is 10.9 Å². The predicted molar refractivity (Wildman–Crippen MR) is 113 cm³/mol. The van der Waals surface area contributed by atoms with E-state index in [1.54, 1.807) is 0 Å². The first-order chi connectivity index (χ1) is 13.2. The van der Waals surface area contributed by atoms with Crippen LogP contribution in [0.4, 0.5) is 0 Å². The topological polar surface area (TPSA) is 17.3 Å². The van der Waals surface area contributed by atoms with Crippen molar-refractivity contribution in [3.05, 3.63) is 112 Å². The average molecular weight is 393 g/mol. The summed E-state index contributed by atoms with van der Waals surface area (Å²) in [7, 11) is 0. The number of para-hydroxylation sites is 1. The van der Waals surface area contributed by atoms with Crippen LogP contribution in [0.15, 0.2) is 90.1 Å². The molecule has 0 fully saturated rings. The van der Waals surface area contributed by atoms with Crippen molar-refractivity contribution in [2.24, 2.45) is 4.99 Å². The summed E-state index contributed by atoms with van der Waals surface area (Å²) in [5, 5.41) is 3.63. The summed E-state index contributed by atoms with van der Waals surface area (Å²) < 4.78 is 2.24. The van der Waals surface area contributed by atoms with Gasteiger partial charge in [0.05, 0.1) is 17.4 Å². The summed E-state index contributed by atoms with van der Waals surface area (Å²) in [6.45, 7) is 1.41. The molecular weight excluding hydrogens is 375 g/mol. The Hall–Kier alpha value is -2.55. The van der Waals surface area contributed by atoms with Crippen LogP contribution in [0.5, 0.6) is 0 Å². The van der Waals surface area contributed by atoms with Gasteiger partial charge in [0.1, 0.15) is 0 Å². The largest absolute Gasteiger partial charge is 0.343 e. The molecule has 4 rings (SSSR count). The maximum atomic E-state index is 6.00. The molecule has 0 aliphatic heterocycles. The molecule has 1 heterocycles. The first-order valence-electron chi connectivity index (χ1n) is 8.77. The molecule has 4 heteroatoms. The van der Waals surface area contributed by atoms with Crippen molar-refractivity contribution in [1.82, 2.24) is 4.57 Å². The maximum absolute atomic E-state index is 6.00. The zero-order valence-corrected chi connectivity index (χ0v) is 16.2. The van der Waals surface area contributed by atoms with Gasteiger partial charge >= 0.3 is 0 Å². The van der Waals surface area contributed by atoms with Crippen molar-refractivity contribution in [1.29, 1.82) is 0 Å². The third-order valence-corrected chi connectivity index (χ3v) is 5.02. The van der Waals surface area contributed by atoms with E-state index >= 15 is 0 Å². The number of hydrogen-bond donors (Lipinski definition) is 0. The van der Waals surface area contributed by atoms with Crippen LogP contribution < -0.4 is 5.36 Å². The van der Waals surface area contributed by atoms with Gasteiger partial charge in [-0.05, 0) is 47.5 Å². The van der Waals surface area contributed by atoms with E-state index in [4.69, 9.17) is 28.2 Å². The Kier molecular flexibility index (Phi) is 5.28. The average Bonchev–Trinajstić information content (AvgIpc) is 2.70. The fraction of sp³-hybridized carbons (Fsp3) is 0.0870. The number of fused-ring (bicyclic) bond motifs is 1. The zero-order chi connectivity index (χ0) is 18.6. The van der Waals surface area contributed by atoms with Crippen molar-refractivity contribution >= 4 is 34.1 Å². The SMILES string of the molecule is Clc1ccc(CN=c2ccn(Cc3ccc(Cl)cc3)c3ccccc23)cc1. The molecule has 0 atom stereocenters. The Morgan fingerprint density at radius 1 is 0.704 bits per heavy atom. The van der Waals surface area contributed by atoms with E-state index < -0.39 is 0 Å². The minimum Gasteiger partial charge on any atom is -0.343 e. The first-order valence-corrected chi connectivity index (χ1v) is 9.52. The summed E-state index contributed by atoms with van der Waals surface area (Å²) in [5.74, 6) is 0. The fourth-order valence-electron chi connectivity index (χ4n) is 3.10. The van der Waals surface area contributed by atoms with Crippen molar-refractivity contribution in [3.8, 4) is 0 Å². The minimum absolute atomic E-state index is 0.627. The second-order valence-electron chi connectivity index (χ2n) is 6.42. The molecular formula is C23H18Cl2N2. The number of rotatable bonds is 4. The molecule has 4 aromatic rings. The molecule has 0 aliphatic rings. The monoisotopic (exact) mass is 392 g/mol. The molecule has 0 amide bonds. The van der Waals surface area contributed by atoms with Crippen LogP contribution >= 0.6 is 23.2 Å². The number of pyridine rings is 1. The van der Waals surface area contributed by atoms with Gasteiger partial charge in [0.25, 0.3) is 0 Å². The number of benzene rings is 3. The lowest BCUT2D eigenvalue weighted by atomic mass is 10.1. The highest BCUT2D eigenvalue weighted by Gasteiger charge is 2.02. The normalized spacial score (nSPS) is 11.9. The molecule has 0 N–H and O–H groups in total. The Labute approximate surface area is 168 Å². The van der Waals surface area contributed by atoms with Gasteiger partial charge in [0.15, 0.2) is 0 Å². The fourth-order valence-corrected chi connectivity index (χ4v) is 3.35. The van der Waals surface area contributed by atoms with Crippen LogP contribution in [0.1, 0.15) is 11.1 Å². The second kappa shape index (κ2) is 7.99. The van der Waals surface area contributed by atoms with Gasteiger partial charge in [-0.1, -0.05) is 65.7 Å². The van der Waals surface area contributed by atoms with E-state index in [1.807, 2.05) is 36.4 Å². The second-order valence-corrected chi connectivity index (χ2v) is 7.29. The van der Waals surface area contributed by atoms with Crippen LogP contribution in [0, 0.1) is 0 Å². The van der Waals surface area contributed by atoms with E-state index in [0.29, 0.717) is 6.54 Å². The molecule has 0 saturated carbocycles. The quantitative estimate of drug-likeness (QED) is 0.399. The van der Waals surface area contributed by atoms with E-state index in [0.717, 1.165) is 38.4 Å². The molecule has 0 bridgehead atoms. The number of aromatic nitrogens is 1. The van der Waals surface area contributed by atoms with Crippen molar-refractivity contribution in [2.75, 3.05) is 0 Å². The van der Waals surface area contributed by atoms with Gasteiger partial charge in [-0.15, -0.1) is 0 Å². The molecule has 0 aliphatic carbocycles. The Bertz CT molecular complexity index is 1130. The third kappa shape index (κ3) is 4.24. The van der Waals surface area contributed by atoms with Gasteiger partial charge in [0, 0.05) is 28.2 Å². The highest BCUT2D eigenvalue weighted by Crippen LogP contribution is 2.15. The molecule has 134 valence electrons. The molecule has 0 saturated heterocycles. The first kappa shape index (κ1) is 17.8. The van der Waals surface area contributed by atoms with Crippen LogP contribution in [-0.2, 0) is 13.1 Å². The van der Waals surface area contributed by atoms with Crippen LogP contribution in [0.2, 0.25) is 10.0 Å². The number of halogens is 2. The predicted octanol–water partition coefficient (Wildman–Crippen LogP) is 6.10. The summed E-state index contributed by atoms with van der Waals surface area (Å²) in [5.41, 5.74) is 3.51. The highest BCUT2D eigenvalue weighted by molar-refractivity contribution is 6.30. The summed E-state index contributed by atoms with van der Waals surface area (Å²) >= 11 is 12.0. The minimum atomic E-state index is 0.627. The van der Waals surface area contributed by atoms with Gasteiger partial charge in [-0.2, -0.15) is 0 Å². The van der Waals surface area contributed by atoms with Crippen LogP contribution in [0.3, 0.4) is 0 Å². The van der Waals surface area contributed by atoms with E-state index in [2.05, 4.69) is 53.2 Å². The smallest absolute Gasteiger partial charge is 0.0686 e. The summed E-state index contributed by atoms with van der Waals surface area (Å²) in [4.78, 5) is 4.82. The highest BCUT2D eigenvalue weighted by atomic mass is 35.5. The van der Waals surface area contributed by atoms with Gasteiger partial charge in [-0.3, -0.25) is 4.99 Å². The lowest BCUT2D eigenvalue weighted by Gasteiger charge is -2.12.